The molecule has 0 heterocycles. The highest BCUT2D eigenvalue weighted by molar-refractivity contribution is 4.84. The lowest BCUT2D eigenvalue weighted by Crippen LogP contribution is -2.46. The summed E-state index contributed by atoms with van der Waals surface area (Å²) in [6.07, 6.45) is -14.6. The lowest BCUT2D eigenvalue weighted by atomic mass is 10.2. The molecule has 108 valence electrons. The average molecular weight is 279 g/mol. The minimum absolute atomic E-state index is 0.0675. The van der Waals surface area contributed by atoms with Crippen LogP contribution in [0.5, 0.6) is 0 Å². The number of halogens is 6. The molecule has 1 aliphatic carbocycles. The van der Waals surface area contributed by atoms with Gasteiger partial charge in [-0.1, -0.05) is 6.92 Å². The first-order valence-corrected chi connectivity index (χ1v) is 5.66. The summed E-state index contributed by atoms with van der Waals surface area (Å²) < 4.78 is 77.8. The molecule has 1 rings (SSSR count). The first kappa shape index (κ1) is 15.6. The van der Waals surface area contributed by atoms with E-state index >= 15 is 0 Å². The van der Waals surface area contributed by atoms with Crippen LogP contribution in [0.4, 0.5) is 26.3 Å². The maximum absolute atomic E-state index is 12.3. The van der Waals surface area contributed by atoms with Gasteiger partial charge in [0.25, 0.3) is 0 Å². The number of alkyl halides is 6. The van der Waals surface area contributed by atoms with Crippen molar-refractivity contribution in [2.45, 2.75) is 56.8 Å². The van der Waals surface area contributed by atoms with E-state index in [-0.39, 0.29) is 18.9 Å². The molecule has 18 heavy (non-hydrogen) atoms. The van der Waals surface area contributed by atoms with Gasteiger partial charge in [-0.25, -0.2) is 0 Å². The van der Waals surface area contributed by atoms with E-state index < -0.39 is 24.6 Å². The van der Waals surface area contributed by atoms with Crippen LogP contribution in [0.2, 0.25) is 0 Å². The predicted molar refractivity (Wildman–Crippen MR) is 52.1 cm³/mol. The maximum Gasteiger partial charge on any atom is 0.423 e. The normalized spacial score (nSPS) is 26.0. The Hall–Kier alpha value is -0.500. The number of ether oxygens (including phenoxy) is 1. The third kappa shape index (κ3) is 4.31. The van der Waals surface area contributed by atoms with Gasteiger partial charge in [-0.2, -0.15) is 26.3 Å². The molecule has 0 saturated heterocycles. The van der Waals surface area contributed by atoms with Crippen LogP contribution in [0.3, 0.4) is 0 Å². The molecule has 0 aromatic rings. The van der Waals surface area contributed by atoms with E-state index in [1.807, 2.05) is 6.92 Å². The van der Waals surface area contributed by atoms with Crippen LogP contribution in [0.25, 0.3) is 0 Å². The smallest absolute Gasteiger partial charge is 0.358 e. The molecule has 0 aliphatic heterocycles. The minimum atomic E-state index is -5.42. The standard InChI is InChI=1S/C10H15F6NO/c1-2-17-6-3-4-7(5-6)18-8(9(11,12)13)10(14,15)16/h6-8,17H,2-5H2,1H3. The van der Waals surface area contributed by atoms with Gasteiger partial charge >= 0.3 is 12.4 Å². The zero-order valence-electron chi connectivity index (χ0n) is 9.74. The minimum Gasteiger partial charge on any atom is -0.358 e. The Morgan fingerprint density at radius 3 is 2.11 bits per heavy atom. The Morgan fingerprint density at radius 2 is 1.67 bits per heavy atom. The van der Waals surface area contributed by atoms with E-state index in [1.165, 1.54) is 0 Å². The van der Waals surface area contributed by atoms with Gasteiger partial charge in [0.2, 0.25) is 6.10 Å². The third-order valence-corrected chi connectivity index (χ3v) is 2.80. The molecular formula is C10H15F6NO. The summed E-state index contributed by atoms with van der Waals surface area (Å²) in [5, 5.41) is 2.98. The maximum atomic E-state index is 12.3. The Morgan fingerprint density at radius 1 is 1.11 bits per heavy atom. The van der Waals surface area contributed by atoms with Crippen molar-refractivity contribution >= 4 is 0 Å². The molecule has 2 atom stereocenters. The fourth-order valence-corrected chi connectivity index (χ4v) is 2.07. The second-order valence-corrected chi connectivity index (χ2v) is 4.29. The fourth-order valence-electron chi connectivity index (χ4n) is 2.07. The van der Waals surface area contributed by atoms with Gasteiger partial charge in [0.15, 0.2) is 0 Å². The van der Waals surface area contributed by atoms with Gasteiger partial charge in [-0.15, -0.1) is 0 Å². The van der Waals surface area contributed by atoms with Crippen LogP contribution >= 0.6 is 0 Å². The topological polar surface area (TPSA) is 21.3 Å². The van der Waals surface area contributed by atoms with Crippen LogP contribution in [0, 0.1) is 0 Å². The highest BCUT2D eigenvalue weighted by Gasteiger charge is 2.59. The molecule has 8 heteroatoms. The van der Waals surface area contributed by atoms with E-state index in [4.69, 9.17) is 0 Å². The molecule has 2 unspecified atom stereocenters. The molecule has 0 aromatic heterocycles. The van der Waals surface area contributed by atoms with Crippen molar-refractivity contribution < 1.29 is 31.1 Å². The van der Waals surface area contributed by atoms with Crippen LogP contribution in [-0.2, 0) is 4.74 Å². The van der Waals surface area contributed by atoms with Gasteiger partial charge in [-0.3, -0.25) is 0 Å². The predicted octanol–water partition coefficient (Wildman–Crippen LogP) is 3.03. The monoisotopic (exact) mass is 279 g/mol. The fraction of sp³-hybridized carbons (Fsp3) is 1.00. The zero-order valence-corrected chi connectivity index (χ0v) is 9.74. The van der Waals surface area contributed by atoms with Gasteiger partial charge in [0.05, 0.1) is 6.10 Å². The summed E-state index contributed by atoms with van der Waals surface area (Å²) >= 11 is 0. The molecule has 0 spiro atoms. The van der Waals surface area contributed by atoms with Gasteiger partial charge in [0.1, 0.15) is 0 Å². The van der Waals surface area contributed by atoms with Crippen LogP contribution in [0.1, 0.15) is 26.2 Å². The first-order chi connectivity index (χ1) is 8.14. The van der Waals surface area contributed by atoms with Crippen molar-refractivity contribution in [1.82, 2.24) is 5.32 Å². The zero-order chi connectivity index (χ0) is 14.0. The van der Waals surface area contributed by atoms with Gasteiger partial charge in [0, 0.05) is 6.04 Å². The molecule has 2 nitrogen and oxygen atoms in total. The van der Waals surface area contributed by atoms with Crippen molar-refractivity contribution in [3.63, 3.8) is 0 Å². The third-order valence-electron chi connectivity index (χ3n) is 2.80. The molecule has 1 saturated carbocycles. The molecule has 0 amide bonds. The van der Waals surface area contributed by atoms with Crippen LogP contribution in [-0.4, -0.2) is 37.1 Å². The largest absolute Gasteiger partial charge is 0.423 e. The van der Waals surface area contributed by atoms with E-state index in [1.54, 1.807) is 0 Å². The molecule has 0 radical (unpaired) electrons. The Labute approximate surface area is 101 Å². The van der Waals surface area contributed by atoms with Crippen LogP contribution in [0.15, 0.2) is 0 Å². The quantitative estimate of drug-likeness (QED) is 0.799. The Bertz CT molecular complexity index is 250. The molecule has 0 aromatic carbocycles. The first-order valence-electron chi connectivity index (χ1n) is 5.66. The summed E-state index contributed by atoms with van der Waals surface area (Å²) in [5.74, 6) is 0. The van der Waals surface area contributed by atoms with Crippen molar-refractivity contribution in [3.8, 4) is 0 Å². The van der Waals surface area contributed by atoms with Crippen molar-refractivity contribution in [3.05, 3.63) is 0 Å². The molecule has 0 bridgehead atoms. The molecule has 1 N–H and O–H groups in total. The highest BCUT2D eigenvalue weighted by Crippen LogP contribution is 2.38. The second-order valence-electron chi connectivity index (χ2n) is 4.29. The summed E-state index contributed by atoms with van der Waals surface area (Å²) in [4.78, 5) is 0. The van der Waals surface area contributed by atoms with E-state index in [0.717, 1.165) is 0 Å². The summed E-state index contributed by atoms with van der Waals surface area (Å²) in [6.45, 7) is 2.45. The number of nitrogens with one attached hydrogen (secondary N) is 1. The van der Waals surface area contributed by atoms with E-state index in [0.29, 0.717) is 13.0 Å². The highest BCUT2D eigenvalue weighted by atomic mass is 19.4. The lowest BCUT2D eigenvalue weighted by Gasteiger charge is -2.26. The number of rotatable bonds is 4. The number of hydrogen-bond donors (Lipinski definition) is 1. The van der Waals surface area contributed by atoms with Gasteiger partial charge < -0.3 is 10.1 Å². The SMILES string of the molecule is CCNC1CCC(OC(C(F)(F)F)C(F)(F)F)C1. The van der Waals surface area contributed by atoms with Gasteiger partial charge in [-0.05, 0) is 25.8 Å². The Kier molecular flexibility index (Phi) is 4.88. The summed E-state index contributed by atoms with van der Waals surface area (Å²) in [5.41, 5.74) is 0. The van der Waals surface area contributed by atoms with Crippen LogP contribution < -0.4 is 5.32 Å². The number of hydrogen-bond acceptors (Lipinski definition) is 2. The summed E-state index contributed by atoms with van der Waals surface area (Å²) in [7, 11) is 0. The lowest BCUT2D eigenvalue weighted by molar-refractivity contribution is -0.330. The van der Waals surface area contributed by atoms with Crippen molar-refractivity contribution in [2.24, 2.45) is 0 Å². The Balaban J connectivity index is 2.58. The van der Waals surface area contributed by atoms with Crippen molar-refractivity contribution in [1.29, 1.82) is 0 Å². The van der Waals surface area contributed by atoms with E-state index in [2.05, 4.69) is 10.1 Å². The van der Waals surface area contributed by atoms with Crippen molar-refractivity contribution in [2.75, 3.05) is 6.54 Å². The second kappa shape index (κ2) is 5.64. The van der Waals surface area contributed by atoms with E-state index in [9.17, 15) is 26.3 Å². The molecule has 1 fully saturated rings. The average Bonchev–Trinajstić information content (AvgIpc) is 2.59. The molecular weight excluding hydrogens is 264 g/mol. The summed E-state index contributed by atoms with van der Waals surface area (Å²) in [6, 6.07) is -0.0675. The molecule has 1 aliphatic rings.